The van der Waals surface area contributed by atoms with Crippen LogP contribution in [0.3, 0.4) is 0 Å². The summed E-state index contributed by atoms with van der Waals surface area (Å²) in [7, 11) is 0. The van der Waals surface area contributed by atoms with Gasteiger partial charge >= 0.3 is 18.1 Å². The fourth-order valence-electron chi connectivity index (χ4n) is 8.23. The van der Waals surface area contributed by atoms with Gasteiger partial charge in [0.2, 0.25) is 17.7 Å². The van der Waals surface area contributed by atoms with E-state index in [9.17, 15) is 39.0 Å². The molecule has 2 aromatic rings. The first-order chi connectivity index (χ1) is 31.9. The van der Waals surface area contributed by atoms with Crippen molar-refractivity contribution in [3.63, 3.8) is 0 Å². The van der Waals surface area contributed by atoms with Crippen molar-refractivity contribution < 1.29 is 43.7 Å². The van der Waals surface area contributed by atoms with Crippen LogP contribution in [0.15, 0.2) is 70.6 Å². The monoisotopic (exact) mass is 932 g/mol. The molecule has 0 radical (unpaired) electrons. The highest BCUT2D eigenvalue weighted by atomic mass is 16.6. The summed E-state index contributed by atoms with van der Waals surface area (Å²) in [5.41, 5.74) is 6.38. The lowest BCUT2D eigenvalue weighted by Gasteiger charge is -2.36. The van der Waals surface area contributed by atoms with Crippen LogP contribution in [0.25, 0.3) is 0 Å². The lowest BCUT2D eigenvalue weighted by molar-refractivity contribution is -0.142. The number of nitrogens with two attached hydrogens (primary N) is 1. The zero-order chi connectivity index (χ0) is 48.9. The lowest BCUT2D eigenvalue weighted by Crippen LogP contribution is -2.60. The molecule has 2 aromatic carbocycles. The molecule has 9 N–H and O–H groups in total. The minimum absolute atomic E-state index is 0.0243. The third-order valence-electron chi connectivity index (χ3n) is 11.8. The Kier molecular flexibility index (Phi) is 21.7. The molecule has 18 heteroatoms. The van der Waals surface area contributed by atoms with Gasteiger partial charge in [0.15, 0.2) is 0 Å². The van der Waals surface area contributed by atoms with Crippen LogP contribution in [0.2, 0.25) is 0 Å². The normalized spacial score (nSPS) is 17.6. The van der Waals surface area contributed by atoms with Crippen LogP contribution in [-0.4, -0.2) is 131 Å². The first kappa shape index (κ1) is 53.7. The van der Waals surface area contributed by atoms with Crippen LogP contribution in [0.4, 0.5) is 9.59 Å². The summed E-state index contributed by atoms with van der Waals surface area (Å²) in [5.74, 6) is -2.97. The summed E-state index contributed by atoms with van der Waals surface area (Å²) >= 11 is 0. The number of ether oxygens (including phenoxy) is 1. The number of aliphatic hydroxyl groups is 1. The number of alkyl carbamates (subject to hydrolysis) is 1. The Hall–Kier alpha value is -5.88. The van der Waals surface area contributed by atoms with Gasteiger partial charge in [-0.1, -0.05) is 92.8 Å². The summed E-state index contributed by atoms with van der Waals surface area (Å²) < 4.78 is 5.48. The standard InChI is InChI=1S/C49H73N9O9/c1-32(2)58(47(65)56-37(23-15-16-24-50)43(60)55-41(46(63)64)27-35-21-13-8-14-22-35)30-42(59)38(25-33-17-9-6-10-18-33)53-45(62)40(28-36-29-51-31-52-36)54-44(61)39(26-34-19-11-7-12-20-34)57-48(66)67-49(3,4)5/h7-8,11-14,19-22,29,31-33,36-42,59H,6,9-10,15-18,23-28,30,50H2,1-5H3,(H,53,62)(H,54,61)(H,55,60)(H,56,65)(H,57,66)(H,63,64)/t36-,37-,38+,39+,40+,41-,42-/m0/s1. The molecule has 2 aliphatic rings. The third-order valence-corrected chi connectivity index (χ3v) is 11.8. The summed E-state index contributed by atoms with van der Waals surface area (Å²) in [4.78, 5) is 91.6. The smallest absolute Gasteiger partial charge is 0.408 e. The van der Waals surface area contributed by atoms with Crippen molar-refractivity contribution in [2.24, 2.45) is 21.6 Å². The minimum Gasteiger partial charge on any atom is -0.480 e. The zero-order valence-corrected chi connectivity index (χ0v) is 39.7. The van der Waals surface area contributed by atoms with E-state index in [0.717, 1.165) is 37.7 Å². The number of benzene rings is 2. The quantitative estimate of drug-likeness (QED) is 0.0663. The molecular formula is C49H73N9O9. The molecule has 1 heterocycles. The highest BCUT2D eigenvalue weighted by molar-refractivity contribution is 5.93. The molecule has 0 unspecified atom stereocenters. The maximum absolute atomic E-state index is 14.5. The average molecular weight is 932 g/mol. The minimum atomic E-state index is -1.30. The van der Waals surface area contributed by atoms with Crippen molar-refractivity contribution in [2.45, 2.75) is 166 Å². The molecule has 1 saturated carbocycles. The molecule has 6 amide bonds. The van der Waals surface area contributed by atoms with Crippen LogP contribution in [0.5, 0.6) is 0 Å². The number of carboxylic acid groups (broad SMARTS) is 1. The van der Waals surface area contributed by atoms with Gasteiger partial charge in [0, 0.05) is 31.5 Å². The molecular weight excluding hydrogens is 859 g/mol. The van der Waals surface area contributed by atoms with E-state index in [2.05, 4.69) is 36.6 Å². The number of carbonyl (C=O) groups is 6. The summed E-state index contributed by atoms with van der Waals surface area (Å²) in [6.07, 6.45) is 7.45. The highest BCUT2D eigenvalue weighted by Gasteiger charge is 2.36. The van der Waals surface area contributed by atoms with E-state index < -0.39 is 89.8 Å². The fraction of sp³-hybridized carbons (Fsp3) is 0.592. The predicted octanol–water partition coefficient (Wildman–Crippen LogP) is 4.02. The number of aliphatic carboxylic acids is 1. The van der Waals surface area contributed by atoms with Gasteiger partial charge in [-0.05, 0) is 83.9 Å². The molecule has 1 aliphatic heterocycles. The number of nitrogens with zero attached hydrogens (tertiary/aromatic N) is 3. The van der Waals surface area contributed by atoms with E-state index in [-0.39, 0.29) is 38.1 Å². The second kappa shape index (κ2) is 27.1. The molecule has 18 nitrogen and oxygen atoms in total. The Morgan fingerprint density at radius 3 is 1.90 bits per heavy atom. The Morgan fingerprint density at radius 2 is 1.34 bits per heavy atom. The fourth-order valence-corrected chi connectivity index (χ4v) is 8.23. The predicted molar refractivity (Wildman–Crippen MR) is 257 cm³/mol. The van der Waals surface area contributed by atoms with Crippen molar-refractivity contribution in [1.82, 2.24) is 31.5 Å². The maximum Gasteiger partial charge on any atom is 0.408 e. The number of carbonyl (C=O) groups excluding carboxylic acids is 5. The van der Waals surface area contributed by atoms with E-state index in [1.807, 2.05) is 36.4 Å². The number of hydrogen-bond donors (Lipinski definition) is 8. The number of rotatable bonds is 25. The van der Waals surface area contributed by atoms with Crippen LogP contribution in [0.1, 0.15) is 110 Å². The van der Waals surface area contributed by atoms with Gasteiger partial charge in [-0.2, -0.15) is 0 Å². The molecule has 0 aromatic heterocycles. The second-order valence-electron chi connectivity index (χ2n) is 18.9. The second-order valence-corrected chi connectivity index (χ2v) is 18.9. The average Bonchev–Trinajstić information content (AvgIpc) is 3.80. The number of hydrogen-bond acceptors (Lipinski definition) is 11. The summed E-state index contributed by atoms with van der Waals surface area (Å²) in [5, 5.41) is 36.1. The van der Waals surface area contributed by atoms with Gasteiger partial charge in [-0.15, -0.1) is 0 Å². The molecule has 4 rings (SSSR count). The van der Waals surface area contributed by atoms with E-state index >= 15 is 0 Å². The largest absolute Gasteiger partial charge is 0.480 e. The highest BCUT2D eigenvalue weighted by Crippen LogP contribution is 2.28. The first-order valence-corrected chi connectivity index (χ1v) is 23.6. The molecule has 0 bridgehead atoms. The number of unbranched alkanes of at least 4 members (excludes halogenated alkanes) is 1. The molecule has 7 atom stereocenters. The Morgan fingerprint density at radius 1 is 0.761 bits per heavy atom. The molecule has 1 fully saturated rings. The molecule has 368 valence electrons. The van der Waals surface area contributed by atoms with Crippen LogP contribution < -0.4 is 32.3 Å². The van der Waals surface area contributed by atoms with Crippen LogP contribution in [-0.2, 0) is 36.8 Å². The number of nitrogens with one attached hydrogen (secondary N) is 5. The topological polar surface area (TPSA) is 266 Å². The van der Waals surface area contributed by atoms with Gasteiger partial charge < -0.3 is 52.2 Å². The lowest BCUT2D eigenvalue weighted by atomic mass is 9.83. The SMILES string of the molecule is CC(C)N(C[C@H](O)[C@@H](CC1CCCCC1)NC(=O)[C@@H](C[C@H]1C=NC=N1)NC(=O)[C@@H](Cc1ccccc1)NC(=O)OC(C)(C)C)C(=O)N[C@@H](CCCCN)C(=O)N[C@@H](Cc1ccccc1)C(=O)O. The van der Waals surface area contributed by atoms with Crippen molar-refractivity contribution >= 4 is 48.4 Å². The van der Waals surface area contributed by atoms with Crippen molar-refractivity contribution in [2.75, 3.05) is 13.1 Å². The van der Waals surface area contributed by atoms with Crippen molar-refractivity contribution in [3.8, 4) is 0 Å². The van der Waals surface area contributed by atoms with Gasteiger partial charge in [0.1, 0.15) is 36.1 Å². The van der Waals surface area contributed by atoms with Crippen molar-refractivity contribution in [1.29, 1.82) is 0 Å². The number of carboxylic acids is 1. The van der Waals surface area contributed by atoms with E-state index in [1.165, 1.54) is 11.2 Å². The zero-order valence-electron chi connectivity index (χ0n) is 39.7. The number of aliphatic imine (C=N–C) groups is 2. The number of amides is 6. The molecule has 0 saturated heterocycles. The number of aliphatic hydroxyl groups excluding tert-OH is 1. The van der Waals surface area contributed by atoms with Gasteiger partial charge in [-0.3, -0.25) is 19.4 Å². The third kappa shape index (κ3) is 19.1. The molecule has 0 spiro atoms. The number of urea groups is 1. The molecule has 67 heavy (non-hydrogen) atoms. The Bertz CT molecular complexity index is 1940. The molecule has 1 aliphatic carbocycles. The Balaban J connectivity index is 1.56. The van der Waals surface area contributed by atoms with Crippen molar-refractivity contribution in [3.05, 3.63) is 71.8 Å². The van der Waals surface area contributed by atoms with E-state index in [4.69, 9.17) is 10.5 Å². The summed E-state index contributed by atoms with van der Waals surface area (Å²) in [6.45, 7) is 8.77. The van der Waals surface area contributed by atoms with E-state index in [0.29, 0.717) is 31.4 Å². The van der Waals surface area contributed by atoms with Crippen LogP contribution >= 0.6 is 0 Å². The Labute approximate surface area is 394 Å². The van der Waals surface area contributed by atoms with Gasteiger partial charge in [0.25, 0.3) is 0 Å². The maximum atomic E-state index is 14.5. The van der Waals surface area contributed by atoms with Gasteiger partial charge in [0.05, 0.1) is 24.7 Å². The van der Waals surface area contributed by atoms with E-state index in [1.54, 1.807) is 65.1 Å². The summed E-state index contributed by atoms with van der Waals surface area (Å²) in [6, 6.07) is 10.8. The first-order valence-electron chi connectivity index (χ1n) is 23.6. The van der Waals surface area contributed by atoms with Gasteiger partial charge in [-0.25, -0.2) is 19.4 Å². The van der Waals surface area contributed by atoms with Crippen LogP contribution in [0, 0.1) is 5.92 Å².